The fourth-order valence-corrected chi connectivity index (χ4v) is 12.4. The summed E-state index contributed by atoms with van der Waals surface area (Å²) in [5.74, 6) is 0. The highest BCUT2D eigenvalue weighted by Gasteiger charge is 2.28. The van der Waals surface area contributed by atoms with E-state index in [9.17, 15) is 0 Å². The first-order chi connectivity index (χ1) is 24.6. The lowest BCUT2D eigenvalue weighted by Crippen LogP contribution is -2.29. The maximum absolute atomic E-state index is 4.10. The zero-order valence-electron chi connectivity index (χ0n) is 28.1. The van der Waals surface area contributed by atoms with E-state index in [2.05, 4.69) is 194 Å². The molecule has 1 aliphatic heterocycles. The second-order valence-electron chi connectivity index (χ2n) is 13.1. The molecule has 1 aliphatic rings. The van der Waals surface area contributed by atoms with Gasteiger partial charge in [0.2, 0.25) is 0 Å². The van der Waals surface area contributed by atoms with Crippen LogP contribution in [0.25, 0.3) is 21.5 Å². The summed E-state index contributed by atoms with van der Waals surface area (Å²) in [6, 6.07) is 63.2. The second-order valence-corrected chi connectivity index (χ2v) is 17.4. The summed E-state index contributed by atoms with van der Waals surface area (Å²) in [5.41, 5.74) is 7.11. The van der Waals surface area contributed by atoms with Crippen molar-refractivity contribution in [1.82, 2.24) is 0 Å². The van der Waals surface area contributed by atoms with Crippen LogP contribution in [0.4, 0.5) is 22.7 Å². The molecule has 0 radical (unpaired) electrons. The highest BCUT2D eigenvalue weighted by Crippen LogP contribution is 2.45. The lowest BCUT2D eigenvalue weighted by molar-refractivity contribution is 1.47. The average molecular weight is 679 g/mol. The molecular formula is C46H36N2P2. The third-order valence-electron chi connectivity index (χ3n) is 9.57. The van der Waals surface area contributed by atoms with Gasteiger partial charge in [-0.05, 0) is 110 Å². The molecule has 0 aliphatic carbocycles. The molecule has 0 saturated carbocycles. The Morgan fingerprint density at radius 1 is 0.320 bits per heavy atom. The van der Waals surface area contributed by atoms with E-state index in [0.29, 0.717) is 0 Å². The molecule has 0 amide bonds. The molecule has 0 aromatic heterocycles. The van der Waals surface area contributed by atoms with Gasteiger partial charge in [-0.3, -0.25) is 0 Å². The van der Waals surface area contributed by atoms with Crippen LogP contribution in [0.2, 0.25) is 0 Å². The lowest BCUT2D eigenvalue weighted by atomic mass is 10.1. The van der Waals surface area contributed by atoms with Gasteiger partial charge < -0.3 is 10.6 Å². The van der Waals surface area contributed by atoms with Crippen LogP contribution < -0.4 is 42.5 Å². The van der Waals surface area contributed by atoms with Crippen LogP contribution in [-0.2, 0) is 0 Å². The van der Waals surface area contributed by atoms with Crippen LogP contribution in [0.3, 0.4) is 0 Å². The van der Waals surface area contributed by atoms with Crippen LogP contribution in [-0.4, -0.2) is 0 Å². The van der Waals surface area contributed by atoms with E-state index in [0.717, 1.165) is 22.7 Å². The summed E-state index contributed by atoms with van der Waals surface area (Å²) < 4.78 is 0. The van der Waals surface area contributed by atoms with Crippen molar-refractivity contribution < 1.29 is 0 Å². The first kappa shape index (κ1) is 30.8. The van der Waals surface area contributed by atoms with Gasteiger partial charge in [0.1, 0.15) is 0 Å². The lowest BCUT2D eigenvalue weighted by Gasteiger charge is -2.30. The summed E-state index contributed by atoms with van der Waals surface area (Å²) in [5, 5.41) is 21.1. The second kappa shape index (κ2) is 12.9. The highest BCUT2D eigenvalue weighted by atomic mass is 31.1. The standard InChI is InChI=1S/C46H36N2P2/c1-31-21-23-39-43(25-31)49(37-17-5-3-6-18-37)44-26-32(2)22-24-40(44)48-42-28-34-14-10-12-16-36(34)30-46(42)50(38-19-7-4-8-20-38)45-29-35-15-11-9-13-33(35)27-41(45)47-39/h3-30,47-48H,1-2H3. The van der Waals surface area contributed by atoms with Crippen molar-refractivity contribution in [2.75, 3.05) is 10.6 Å². The minimum atomic E-state index is -1.00. The Labute approximate surface area is 296 Å². The molecule has 9 rings (SSSR count). The fourth-order valence-electron chi connectivity index (χ4n) is 7.15. The molecule has 240 valence electrons. The van der Waals surface area contributed by atoms with E-state index in [1.165, 1.54) is 64.5 Å². The van der Waals surface area contributed by atoms with E-state index in [-0.39, 0.29) is 0 Å². The van der Waals surface area contributed by atoms with Crippen molar-refractivity contribution >= 4 is 92.0 Å². The maximum Gasteiger partial charge on any atom is 0.0475 e. The molecule has 0 saturated heterocycles. The van der Waals surface area contributed by atoms with Crippen LogP contribution in [0.15, 0.2) is 170 Å². The molecule has 0 bridgehead atoms. The molecule has 0 atom stereocenters. The normalized spacial score (nSPS) is 15.3. The Morgan fingerprint density at radius 2 is 0.660 bits per heavy atom. The van der Waals surface area contributed by atoms with Crippen LogP contribution in [0.5, 0.6) is 0 Å². The van der Waals surface area contributed by atoms with Gasteiger partial charge in [0.15, 0.2) is 0 Å². The quantitative estimate of drug-likeness (QED) is 0.178. The minimum Gasteiger partial charge on any atom is -0.354 e. The Bertz CT molecular complexity index is 2390. The molecule has 2 N–H and O–H groups in total. The summed E-state index contributed by atoms with van der Waals surface area (Å²) in [4.78, 5) is 0. The third-order valence-corrected chi connectivity index (χ3v) is 14.6. The largest absolute Gasteiger partial charge is 0.354 e. The van der Waals surface area contributed by atoms with Crippen molar-refractivity contribution in [2.45, 2.75) is 13.8 Å². The third kappa shape index (κ3) is 5.66. The topological polar surface area (TPSA) is 24.1 Å². The van der Waals surface area contributed by atoms with Gasteiger partial charge >= 0.3 is 0 Å². The van der Waals surface area contributed by atoms with Gasteiger partial charge in [0.25, 0.3) is 0 Å². The van der Waals surface area contributed by atoms with Crippen LogP contribution in [0.1, 0.15) is 11.1 Å². The molecule has 0 spiro atoms. The summed E-state index contributed by atoms with van der Waals surface area (Å²) in [7, 11) is -1.95. The van der Waals surface area contributed by atoms with Gasteiger partial charge in [-0.25, -0.2) is 0 Å². The maximum atomic E-state index is 4.10. The minimum absolute atomic E-state index is 0.946. The highest BCUT2D eigenvalue weighted by molar-refractivity contribution is 7.81. The summed E-state index contributed by atoms with van der Waals surface area (Å²) in [6.45, 7) is 4.42. The number of fused-ring (bicyclic) bond motifs is 6. The first-order valence-electron chi connectivity index (χ1n) is 17.1. The average Bonchev–Trinajstić information content (AvgIpc) is 3.14. The van der Waals surface area contributed by atoms with Gasteiger partial charge in [-0.1, -0.05) is 132 Å². The Hall–Kier alpha value is -5.26. The number of anilines is 4. The van der Waals surface area contributed by atoms with Gasteiger partial charge in [-0.2, -0.15) is 0 Å². The monoisotopic (exact) mass is 678 g/mol. The number of nitrogens with one attached hydrogen (secondary N) is 2. The van der Waals surface area contributed by atoms with E-state index in [4.69, 9.17) is 0 Å². The molecule has 8 aromatic rings. The van der Waals surface area contributed by atoms with Crippen molar-refractivity contribution in [1.29, 1.82) is 0 Å². The smallest absolute Gasteiger partial charge is 0.0475 e. The first-order valence-corrected chi connectivity index (χ1v) is 19.8. The van der Waals surface area contributed by atoms with Crippen molar-refractivity contribution in [3.05, 3.63) is 181 Å². The molecule has 50 heavy (non-hydrogen) atoms. The van der Waals surface area contributed by atoms with E-state index in [1.54, 1.807) is 0 Å². The zero-order chi connectivity index (χ0) is 33.6. The van der Waals surface area contributed by atoms with Crippen molar-refractivity contribution in [3.8, 4) is 0 Å². The molecule has 1 heterocycles. The van der Waals surface area contributed by atoms with Gasteiger partial charge in [0.05, 0.1) is 0 Å². The molecule has 4 heteroatoms. The van der Waals surface area contributed by atoms with E-state index >= 15 is 0 Å². The van der Waals surface area contributed by atoms with Gasteiger partial charge in [0, 0.05) is 44.0 Å². The molecule has 8 aromatic carbocycles. The zero-order valence-corrected chi connectivity index (χ0v) is 29.8. The number of rotatable bonds is 2. The molecule has 0 unspecified atom stereocenters. The number of hydrogen-bond donors (Lipinski definition) is 2. The Morgan fingerprint density at radius 3 is 1.06 bits per heavy atom. The molecule has 0 fully saturated rings. The van der Waals surface area contributed by atoms with Gasteiger partial charge in [-0.15, -0.1) is 0 Å². The fraction of sp³-hybridized carbons (Fsp3) is 0.0435. The van der Waals surface area contributed by atoms with E-state index in [1.807, 2.05) is 0 Å². The SMILES string of the molecule is Cc1ccc2c(c1)P(c1ccccc1)c1cc(C)ccc1Nc1cc3ccccc3cc1P(c1ccccc1)c1cc3ccccc3cc1N2. The number of benzene rings is 8. The predicted octanol–water partition coefficient (Wildman–Crippen LogP) is 9.93. The summed E-state index contributed by atoms with van der Waals surface area (Å²) >= 11 is 0. The predicted molar refractivity (Wildman–Crippen MR) is 221 cm³/mol. The van der Waals surface area contributed by atoms with E-state index < -0.39 is 15.8 Å². The van der Waals surface area contributed by atoms with Crippen molar-refractivity contribution in [3.63, 3.8) is 0 Å². The molecule has 2 nitrogen and oxygen atoms in total. The number of aryl methyl sites for hydroxylation is 2. The number of hydrogen-bond acceptors (Lipinski definition) is 2. The van der Waals surface area contributed by atoms with Crippen LogP contribution in [0, 0.1) is 13.8 Å². The van der Waals surface area contributed by atoms with Crippen LogP contribution >= 0.6 is 15.8 Å². The van der Waals surface area contributed by atoms with Crippen molar-refractivity contribution in [2.24, 2.45) is 0 Å². The Balaban J connectivity index is 1.43. The summed E-state index contributed by atoms with van der Waals surface area (Å²) in [6.07, 6.45) is 0. The Kier molecular flexibility index (Phi) is 7.93. The molecular weight excluding hydrogens is 642 g/mol.